The summed E-state index contributed by atoms with van der Waals surface area (Å²) in [5, 5.41) is 0. The van der Waals surface area contributed by atoms with E-state index >= 15 is 8.78 Å². The van der Waals surface area contributed by atoms with Crippen LogP contribution >= 0.6 is 0 Å². The summed E-state index contributed by atoms with van der Waals surface area (Å²) in [5.74, 6) is 2.59. The summed E-state index contributed by atoms with van der Waals surface area (Å²) in [6.07, 6.45) is 16.0. The van der Waals surface area contributed by atoms with Crippen LogP contribution in [0, 0.1) is 65.7 Å². The van der Waals surface area contributed by atoms with E-state index in [1.54, 1.807) is 6.07 Å². The van der Waals surface area contributed by atoms with Crippen LogP contribution in [-0.4, -0.2) is 0 Å². The van der Waals surface area contributed by atoms with Gasteiger partial charge in [-0.25, -0.2) is 17.6 Å². The van der Waals surface area contributed by atoms with Gasteiger partial charge in [0.15, 0.2) is 0 Å². The van der Waals surface area contributed by atoms with E-state index in [0.717, 1.165) is 79.4 Å². The maximum Gasteiger partial charge on any atom is 0.132 e. The first-order valence-corrected chi connectivity index (χ1v) is 16.2. The van der Waals surface area contributed by atoms with Crippen LogP contribution in [0.25, 0.3) is 0 Å². The Morgan fingerprint density at radius 1 is 0.650 bits per heavy atom. The smallest absolute Gasteiger partial charge is 0.132 e. The molecule has 0 amide bonds. The number of benzene rings is 2. The standard InChI is InChI=1S/C36H46F4/c1-21-3-10-27-16-25(6-11-26(27)15-21)9-14-32-34(38)20-29-18-24(8-13-31(29)36(32)40)5-4-23-7-12-30-28(17-23)19-33(37)22(2)35(30)39/h19-21,23-27H,3-18H2,1-2H3. The van der Waals surface area contributed by atoms with Crippen LogP contribution in [0.5, 0.6) is 0 Å². The summed E-state index contributed by atoms with van der Waals surface area (Å²) >= 11 is 0. The lowest BCUT2D eigenvalue weighted by atomic mass is 9.64. The third-order valence-electron chi connectivity index (χ3n) is 11.5. The molecule has 0 aliphatic heterocycles. The SMILES string of the molecule is Cc1c(F)cc2c(c1F)CCC(CCC1CCc3c(cc(F)c(CCC4CCC5CC(C)CCC5C4)c3F)C1)C2. The zero-order valence-electron chi connectivity index (χ0n) is 24.4. The van der Waals surface area contributed by atoms with Gasteiger partial charge in [-0.2, -0.15) is 0 Å². The molecule has 6 atom stereocenters. The molecule has 218 valence electrons. The highest BCUT2D eigenvalue weighted by atomic mass is 19.1. The molecule has 0 saturated heterocycles. The molecule has 0 radical (unpaired) electrons. The minimum absolute atomic E-state index is 0.127. The van der Waals surface area contributed by atoms with Gasteiger partial charge in [0.25, 0.3) is 0 Å². The maximum absolute atomic E-state index is 15.6. The van der Waals surface area contributed by atoms with Crippen molar-refractivity contribution in [2.24, 2.45) is 35.5 Å². The van der Waals surface area contributed by atoms with E-state index in [-0.39, 0.29) is 23.0 Å². The van der Waals surface area contributed by atoms with Crippen molar-refractivity contribution in [2.45, 2.75) is 117 Å². The van der Waals surface area contributed by atoms with Crippen LogP contribution in [0.1, 0.15) is 111 Å². The number of hydrogen-bond acceptors (Lipinski definition) is 0. The fourth-order valence-electron chi connectivity index (χ4n) is 9.03. The molecule has 0 bridgehead atoms. The number of hydrogen-bond donors (Lipinski definition) is 0. The fourth-order valence-corrected chi connectivity index (χ4v) is 9.03. The Kier molecular flexibility index (Phi) is 8.35. The predicted molar refractivity (Wildman–Crippen MR) is 153 cm³/mol. The zero-order chi connectivity index (χ0) is 28.0. The predicted octanol–water partition coefficient (Wildman–Crippen LogP) is 10.0. The zero-order valence-corrected chi connectivity index (χ0v) is 24.4. The van der Waals surface area contributed by atoms with Gasteiger partial charge in [0, 0.05) is 11.1 Å². The minimum Gasteiger partial charge on any atom is -0.207 e. The highest BCUT2D eigenvalue weighted by Crippen LogP contribution is 2.46. The first kappa shape index (κ1) is 28.3. The molecular weight excluding hydrogens is 508 g/mol. The summed E-state index contributed by atoms with van der Waals surface area (Å²) in [7, 11) is 0. The van der Waals surface area contributed by atoms with Gasteiger partial charge in [0.1, 0.15) is 23.3 Å². The van der Waals surface area contributed by atoms with E-state index in [2.05, 4.69) is 6.92 Å². The lowest BCUT2D eigenvalue weighted by Gasteiger charge is -2.41. The van der Waals surface area contributed by atoms with Gasteiger partial charge in [0.2, 0.25) is 0 Å². The molecule has 4 aliphatic carbocycles. The van der Waals surface area contributed by atoms with Crippen LogP contribution in [0.4, 0.5) is 17.6 Å². The molecule has 4 aliphatic rings. The molecule has 0 heterocycles. The van der Waals surface area contributed by atoms with E-state index in [0.29, 0.717) is 48.1 Å². The van der Waals surface area contributed by atoms with Crippen molar-refractivity contribution >= 4 is 0 Å². The molecule has 0 nitrogen and oxygen atoms in total. The summed E-state index contributed by atoms with van der Waals surface area (Å²) in [5.41, 5.74) is 3.59. The molecule has 2 aromatic carbocycles. The topological polar surface area (TPSA) is 0 Å². The maximum atomic E-state index is 15.6. The van der Waals surface area contributed by atoms with Gasteiger partial charge < -0.3 is 0 Å². The highest BCUT2D eigenvalue weighted by molar-refractivity contribution is 5.38. The van der Waals surface area contributed by atoms with Crippen molar-refractivity contribution < 1.29 is 17.6 Å². The quantitative estimate of drug-likeness (QED) is 0.312. The van der Waals surface area contributed by atoms with Gasteiger partial charge >= 0.3 is 0 Å². The number of rotatable bonds is 6. The molecular formula is C36H46F4. The average molecular weight is 555 g/mol. The van der Waals surface area contributed by atoms with Crippen molar-refractivity contribution in [3.8, 4) is 0 Å². The van der Waals surface area contributed by atoms with Gasteiger partial charge in [-0.15, -0.1) is 0 Å². The lowest BCUT2D eigenvalue weighted by Crippen LogP contribution is -2.30. The fraction of sp³-hybridized carbons (Fsp3) is 0.667. The molecule has 4 heteroatoms. The largest absolute Gasteiger partial charge is 0.207 e. The van der Waals surface area contributed by atoms with Crippen molar-refractivity contribution in [3.63, 3.8) is 0 Å². The van der Waals surface area contributed by atoms with E-state index in [1.807, 2.05) is 0 Å². The van der Waals surface area contributed by atoms with Crippen molar-refractivity contribution in [3.05, 3.63) is 68.8 Å². The molecule has 2 aromatic rings. The molecule has 0 aromatic heterocycles. The Morgan fingerprint density at radius 2 is 1.25 bits per heavy atom. The first-order valence-electron chi connectivity index (χ1n) is 16.2. The molecule has 2 saturated carbocycles. The lowest BCUT2D eigenvalue weighted by molar-refractivity contribution is 0.100. The van der Waals surface area contributed by atoms with Gasteiger partial charge in [-0.1, -0.05) is 19.8 Å². The summed E-state index contributed by atoms with van der Waals surface area (Å²) in [6.45, 7) is 3.89. The van der Waals surface area contributed by atoms with Crippen LogP contribution in [-0.2, 0) is 32.1 Å². The second-order valence-electron chi connectivity index (χ2n) is 14.2. The normalized spacial score (nSPS) is 29.9. The van der Waals surface area contributed by atoms with Crippen LogP contribution < -0.4 is 0 Å². The Morgan fingerprint density at radius 3 is 1.95 bits per heavy atom. The van der Waals surface area contributed by atoms with Crippen molar-refractivity contribution in [1.82, 2.24) is 0 Å². The Hall–Kier alpha value is -1.84. The third-order valence-corrected chi connectivity index (χ3v) is 11.5. The summed E-state index contributed by atoms with van der Waals surface area (Å²) < 4.78 is 59.5. The van der Waals surface area contributed by atoms with Gasteiger partial charge in [-0.05, 0) is 167 Å². The van der Waals surface area contributed by atoms with E-state index in [4.69, 9.17) is 0 Å². The van der Waals surface area contributed by atoms with E-state index in [1.165, 1.54) is 51.5 Å². The van der Waals surface area contributed by atoms with Crippen molar-refractivity contribution in [1.29, 1.82) is 0 Å². The van der Waals surface area contributed by atoms with Crippen molar-refractivity contribution in [2.75, 3.05) is 0 Å². The molecule has 6 unspecified atom stereocenters. The first-order chi connectivity index (χ1) is 19.3. The Bertz CT molecular complexity index is 1230. The number of fused-ring (bicyclic) bond motifs is 3. The summed E-state index contributed by atoms with van der Waals surface area (Å²) in [6, 6.07) is 3.17. The molecule has 0 N–H and O–H groups in total. The molecule has 0 spiro atoms. The van der Waals surface area contributed by atoms with Gasteiger partial charge in [-0.3, -0.25) is 0 Å². The second-order valence-corrected chi connectivity index (χ2v) is 14.2. The van der Waals surface area contributed by atoms with Crippen LogP contribution in [0.3, 0.4) is 0 Å². The average Bonchev–Trinajstić information content (AvgIpc) is 2.94. The van der Waals surface area contributed by atoms with E-state index < -0.39 is 5.82 Å². The molecule has 2 fully saturated rings. The third kappa shape index (κ3) is 5.75. The van der Waals surface area contributed by atoms with E-state index in [9.17, 15) is 8.78 Å². The molecule has 40 heavy (non-hydrogen) atoms. The minimum atomic E-state index is -0.449. The van der Waals surface area contributed by atoms with Crippen LogP contribution in [0.15, 0.2) is 12.1 Å². The Balaban J connectivity index is 1.03. The summed E-state index contributed by atoms with van der Waals surface area (Å²) in [4.78, 5) is 0. The van der Waals surface area contributed by atoms with Gasteiger partial charge in [0.05, 0.1) is 0 Å². The Labute approximate surface area is 238 Å². The van der Waals surface area contributed by atoms with Crippen LogP contribution in [0.2, 0.25) is 0 Å². The highest BCUT2D eigenvalue weighted by Gasteiger charge is 2.35. The molecule has 6 rings (SSSR count). The monoisotopic (exact) mass is 554 g/mol. The second kappa shape index (κ2) is 11.8. The number of halogens is 4.